The lowest BCUT2D eigenvalue weighted by molar-refractivity contribution is 0.537. The summed E-state index contributed by atoms with van der Waals surface area (Å²) in [6, 6.07) is 0.211. The Kier molecular flexibility index (Phi) is 3.45. The lowest BCUT2D eigenvalue weighted by atomic mass is 10.1. The van der Waals surface area contributed by atoms with Crippen LogP contribution in [0.1, 0.15) is 57.3 Å². The van der Waals surface area contributed by atoms with Crippen molar-refractivity contribution in [2.45, 2.75) is 56.6 Å². The maximum absolute atomic E-state index is 11.4. The van der Waals surface area contributed by atoms with E-state index in [0.717, 1.165) is 31.5 Å². The quantitative estimate of drug-likeness (QED) is 0.776. The molecule has 1 unspecified atom stereocenters. The topological polar surface area (TPSA) is 64.8 Å². The fourth-order valence-electron chi connectivity index (χ4n) is 2.03. The van der Waals surface area contributed by atoms with Gasteiger partial charge < -0.3 is 0 Å². The zero-order valence-corrected chi connectivity index (χ0v) is 11.5. The van der Waals surface area contributed by atoms with Crippen LogP contribution in [0.15, 0.2) is 5.16 Å². The zero-order chi connectivity index (χ0) is 12.6. The Morgan fingerprint density at radius 3 is 2.59 bits per heavy atom. The summed E-state index contributed by atoms with van der Waals surface area (Å²) in [6.45, 7) is 4.13. The minimum atomic E-state index is -3.80. The highest BCUT2D eigenvalue weighted by Gasteiger charge is 2.34. The molecule has 1 saturated carbocycles. The maximum atomic E-state index is 11.4. The summed E-state index contributed by atoms with van der Waals surface area (Å²) in [5, 5.41) is 7.66. The molecule has 0 amide bonds. The van der Waals surface area contributed by atoms with Crippen LogP contribution in [0, 0.1) is 0 Å². The summed E-state index contributed by atoms with van der Waals surface area (Å²) in [7, 11) is 1.57. The van der Waals surface area contributed by atoms with Gasteiger partial charge in [0.1, 0.15) is 5.82 Å². The number of hydrogen-bond acceptors (Lipinski definition) is 4. The molecule has 1 atom stereocenters. The van der Waals surface area contributed by atoms with Gasteiger partial charge in [-0.1, -0.05) is 20.3 Å². The van der Waals surface area contributed by atoms with Gasteiger partial charge in [-0.2, -0.15) is 0 Å². The molecule has 1 aliphatic carbocycles. The summed E-state index contributed by atoms with van der Waals surface area (Å²) in [6.07, 6.45) is 3.95. The first-order valence-corrected chi connectivity index (χ1v) is 8.15. The Balaban J connectivity index is 2.44. The molecule has 0 radical (unpaired) electrons. The third-order valence-corrected chi connectivity index (χ3v) is 4.11. The van der Waals surface area contributed by atoms with Gasteiger partial charge in [0, 0.05) is 22.6 Å². The molecule has 0 bridgehead atoms. The van der Waals surface area contributed by atoms with Gasteiger partial charge in [0.2, 0.25) is 0 Å². The Morgan fingerprint density at radius 1 is 1.47 bits per heavy atom. The van der Waals surface area contributed by atoms with E-state index in [0.29, 0.717) is 0 Å². The van der Waals surface area contributed by atoms with Crippen LogP contribution < -0.4 is 0 Å². The van der Waals surface area contributed by atoms with Crippen molar-refractivity contribution in [2.75, 3.05) is 0 Å². The van der Waals surface area contributed by atoms with Crippen molar-refractivity contribution in [1.82, 2.24) is 14.8 Å². The number of rotatable bonds is 5. The first-order valence-electron chi connectivity index (χ1n) is 5.84. The Morgan fingerprint density at radius 2 is 2.12 bits per heavy atom. The molecule has 0 spiro atoms. The molecular weight excluding hydrogens is 262 g/mol. The van der Waals surface area contributed by atoms with Gasteiger partial charge in [-0.3, -0.25) is 4.57 Å². The van der Waals surface area contributed by atoms with Crippen LogP contribution in [0.5, 0.6) is 0 Å². The summed E-state index contributed by atoms with van der Waals surface area (Å²) >= 11 is 0. The van der Waals surface area contributed by atoms with Gasteiger partial charge in [-0.25, -0.2) is 8.42 Å². The number of hydrogen-bond donors (Lipinski definition) is 0. The Labute approximate surface area is 106 Å². The van der Waals surface area contributed by atoms with Crippen molar-refractivity contribution in [1.29, 1.82) is 0 Å². The highest BCUT2D eigenvalue weighted by molar-refractivity contribution is 8.13. The third kappa shape index (κ3) is 2.63. The van der Waals surface area contributed by atoms with E-state index in [1.807, 2.05) is 6.92 Å². The van der Waals surface area contributed by atoms with E-state index in [-0.39, 0.29) is 17.1 Å². The lowest BCUT2D eigenvalue weighted by Crippen LogP contribution is -2.10. The standard InChI is InChI=1S/C10H16ClN3O2S/c1-3-4-7(2)9-12-13-10(17(11,15)16)14(9)8-5-6-8/h7-8H,3-6H2,1-2H3. The SMILES string of the molecule is CCCC(C)c1nnc(S(=O)(=O)Cl)n1C1CC1. The molecule has 1 fully saturated rings. The summed E-state index contributed by atoms with van der Waals surface area (Å²) in [4.78, 5) is 0. The lowest BCUT2D eigenvalue weighted by Gasteiger charge is -2.12. The first kappa shape index (κ1) is 12.8. The van der Waals surface area contributed by atoms with Crippen LogP contribution in [0.2, 0.25) is 0 Å². The van der Waals surface area contributed by atoms with E-state index in [2.05, 4.69) is 17.1 Å². The zero-order valence-electron chi connectivity index (χ0n) is 9.93. The van der Waals surface area contributed by atoms with Crippen LogP contribution in [0.25, 0.3) is 0 Å². The van der Waals surface area contributed by atoms with Crippen molar-refractivity contribution in [3.63, 3.8) is 0 Å². The summed E-state index contributed by atoms with van der Waals surface area (Å²) in [5.41, 5.74) is 0. The fraction of sp³-hybridized carbons (Fsp3) is 0.800. The van der Waals surface area contributed by atoms with Gasteiger partial charge in [0.05, 0.1) is 0 Å². The van der Waals surface area contributed by atoms with E-state index < -0.39 is 9.05 Å². The number of halogens is 1. The summed E-state index contributed by atoms with van der Waals surface area (Å²) < 4.78 is 24.6. The molecule has 17 heavy (non-hydrogen) atoms. The van der Waals surface area contributed by atoms with Gasteiger partial charge in [-0.15, -0.1) is 10.2 Å². The molecule has 5 nitrogen and oxygen atoms in total. The van der Waals surface area contributed by atoms with Crippen molar-refractivity contribution < 1.29 is 8.42 Å². The first-order chi connectivity index (χ1) is 7.95. The van der Waals surface area contributed by atoms with Crippen LogP contribution in [0.4, 0.5) is 0 Å². The van der Waals surface area contributed by atoms with Crippen molar-refractivity contribution in [2.24, 2.45) is 0 Å². The van der Waals surface area contributed by atoms with E-state index in [4.69, 9.17) is 10.7 Å². The average molecular weight is 278 g/mol. The number of nitrogens with zero attached hydrogens (tertiary/aromatic N) is 3. The van der Waals surface area contributed by atoms with Crippen molar-refractivity contribution >= 4 is 19.7 Å². The predicted octanol–water partition coefficient (Wildman–Crippen LogP) is 2.44. The Hall–Kier alpha value is -0.620. The van der Waals surface area contributed by atoms with E-state index in [1.54, 1.807) is 4.57 Å². The van der Waals surface area contributed by atoms with Gasteiger partial charge in [-0.05, 0) is 19.3 Å². The van der Waals surface area contributed by atoms with Crippen molar-refractivity contribution in [3.8, 4) is 0 Å². The molecule has 1 aliphatic rings. The van der Waals surface area contributed by atoms with Crippen molar-refractivity contribution in [3.05, 3.63) is 5.82 Å². The average Bonchev–Trinajstić information content (AvgIpc) is 2.95. The van der Waals surface area contributed by atoms with Crippen LogP contribution >= 0.6 is 10.7 Å². The molecule has 96 valence electrons. The maximum Gasteiger partial charge on any atom is 0.296 e. The smallest absolute Gasteiger partial charge is 0.296 e. The normalized spacial score (nSPS) is 18.3. The van der Waals surface area contributed by atoms with Crippen LogP contribution in [-0.4, -0.2) is 23.2 Å². The second-order valence-electron chi connectivity index (χ2n) is 4.57. The van der Waals surface area contributed by atoms with Gasteiger partial charge in [0.25, 0.3) is 14.2 Å². The fourth-order valence-corrected chi connectivity index (χ4v) is 2.96. The highest BCUT2D eigenvalue weighted by Crippen LogP contribution is 2.39. The molecule has 7 heteroatoms. The molecule has 0 aliphatic heterocycles. The molecule has 1 aromatic rings. The van der Waals surface area contributed by atoms with Crippen LogP contribution in [-0.2, 0) is 9.05 Å². The van der Waals surface area contributed by atoms with Gasteiger partial charge in [0.15, 0.2) is 0 Å². The monoisotopic (exact) mass is 277 g/mol. The number of aromatic nitrogens is 3. The molecule has 1 aromatic heterocycles. The van der Waals surface area contributed by atoms with Crippen LogP contribution in [0.3, 0.4) is 0 Å². The van der Waals surface area contributed by atoms with E-state index in [9.17, 15) is 8.42 Å². The van der Waals surface area contributed by atoms with Gasteiger partial charge >= 0.3 is 0 Å². The minimum Gasteiger partial charge on any atom is -0.297 e. The molecule has 1 heterocycles. The predicted molar refractivity (Wildman–Crippen MR) is 64.7 cm³/mol. The second kappa shape index (κ2) is 4.57. The van der Waals surface area contributed by atoms with E-state index >= 15 is 0 Å². The van der Waals surface area contributed by atoms with E-state index in [1.165, 1.54) is 0 Å². The highest BCUT2D eigenvalue weighted by atomic mass is 35.7. The largest absolute Gasteiger partial charge is 0.297 e. The molecule has 0 saturated heterocycles. The Bertz CT molecular complexity index is 508. The molecular formula is C10H16ClN3O2S. The molecule has 0 N–H and O–H groups in total. The second-order valence-corrected chi connectivity index (χ2v) is 7.03. The minimum absolute atomic E-state index is 0.0976. The molecule has 0 aromatic carbocycles. The third-order valence-electron chi connectivity index (χ3n) is 2.98. The summed E-state index contributed by atoms with van der Waals surface area (Å²) in [5.74, 6) is 0.953. The molecule has 2 rings (SSSR count).